The quantitative estimate of drug-likeness (QED) is 0.902. The first-order valence-electron chi connectivity index (χ1n) is 6.99. The van der Waals surface area contributed by atoms with E-state index in [9.17, 15) is 15.0 Å². The molecule has 2 N–H and O–H groups in total. The molecule has 23 heavy (non-hydrogen) atoms. The van der Waals surface area contributed by atoms with Crippen LogP contribution in [0, 0.1) is 0 Å². The van der Waals surface area contributed by atoms with Crippen molar-refractivity contribution in [2.45, 2.75) is 12.2 Å². The maximum absolute atomic E-state index is 12.4. The Balaban J connectivity index is 2.02. The molecule has 6 nitrogen and oxygen atoms in total. The number of benzene rings is 2. The second-order valence-electron chi connectivity index (χ2n) is 5.14. The van der Waals surface area contributed by atoms with Crippen molar-refractivity contribution in [2.75, 3.05) is 14.2 Å². The minimum Gasteiger partial charge on any atom is -0.507 e. The highest BCUT2D eigenvalue weighted by Gasteiger charge is 2.39. The highest BCUT2D eigenvalue weighted by molar-refractivity contribution is 6.05. The van der Waals surface area contributed by atoms with Crippen molar-refractivity contribution in [3.8, 4) is 23.0 Å². The summed E-state index contributed by atoms with van der Waals surface area (Å²) in [4.78, 5) is 12.4. The molecule has 1 aliphatic rings. The lowest BCUT2D eigenvalue weighted by Gasteiger charge is -2.30. The molecule has 0 radical (unpaired) electrons. The zero-order chi connectivity index (χ0) is 16.6. The molecule has 120 valence electrons. The molecule has 0 aromatic heterocycles. The van der Waals surface area contributed by atoms with Gasteiger partial charge in [0.15, 0.2) is 12.2 Å². The zero-order valence-electron chi connectivity index (χ0n) is 12.6. The third-order valence-corrected chi connectivity index (χ3v) is 3.79. The van der Waals surface area contributed by atoms with Gasteiger partial charge in [-0.3, -0.25) is 4.79 Å². The van der Waals surface area contributed by atoms with Gasteiger partial charge in [-0.15, -0.1) is 0 Å². The molecule has 0 fully saturated rings. The summed E-state index contributed by atoms with van der Waals surface area (Å²) in [5.41, 5.74) is 0.586. The number of hydrogen-bond donors (Lipinski definition) is 2. The number of ketones is 1. The molecule has 6 heteroatoms. The molecule has 1 heterocycles. The minimum atomic E-state index is -1.41. The maximum atomic E-state index is 12.4. The van der Waals surface area contributed by atoms with Crippen molar-refractivity contribution in [2.24, 2.45) is 0 Å². The fourth-order valence-corrected chi connectivity index (χ4v) is 2.57. The number of rotatable bonds is 3. The number of phenolic OH excluding ortho intramolecular Hbond substituents is 1. The van der Waals surface area contributed by atoms with Gasteiger partial charge in [-0.25, -0.2) is 0 Å². The highest BCUT2D eigenvalue weighted by Crippen LogP contribution is 2.42. The van der Waals surface area contributed by atoms with E-state index < -0.39 is 18.0 Å². The third-order valence-electron chi connectivity index (χ3n) is 3.79. The number of carbonyl (C=O) groups is 1. The molecular formula is C17H16O6. The Hall–Kier alpha value is -2.73. The Morgan fingerprint density at radius 3 is 2.30 bits per heavy atom. The predicted molar refractivity (Wildman–Crippen MR) is 81.4 cm³/mol. The zero-order valence-corrected chi connectivity index (χ0v) is 12.6. The van der Waals surface area contributed by atoms with Crippen molar-refractivity contribution in [1.82, 2.24) is 0 Å². The number of carbonyl (C=O) groups excluding carboxylic acids is 1. The SMILES string of the molecule is COc1ccc([C@H]2Oc3cc(OC)cc(O)c3C(=O)[C@H]2O)cc1. The summed E-state index contributed by atoms with van der Waals surface area (Å²) in [5, 5.41) is 20.2. The summed E-state index contributed by atoms with van der Waals surface area (Å²) in [6, 6.07) is 9.68. The van der Waals surface area contributed by atoms with Gasteiger partial charge in [0.05, 0.1) is 14.2 Å². The standard InChI is InChI=1S/C17H16O6/c1-21-10-5-3-9(4-6-10)17-16(20)15(19)14-12(18)7-11(22-2)8-13(14)23-17/h3-8,16-18,20H,1-2H3/t16-,17-/m1/s1. The molecule has 0 saturated carbocycles. The maximum Gasteiger partial charge on any atom is 0.202 e. The lowest BCUT2D eigenvalue weighted by Crippen LogP contribution is -2.36. The first kappa shape index (κ1) is 15.2. The van der Waals surface area contributed by atoms with E-state index >= 15 is 0 Å². The monoisotopic (exact) mass is 316 g/mol. The Kier molecular flexibility index (Phi) is 3.83. The van der Waals surface area contributed by atoms with Crippen LogP contribution in [0.1, 0.15) is 22.0 Å². The van der Waals surface area contributed by atoms with Crippen LogP contribution in [0.4, 0.5) is 0 Å². The number of aliphatic hydroxyl groups excluding tert-OH is 1. The molecule has 2 atom stereocenters. The van der Waals surface area contributed by atoms with Crippen LogP contribution in [-0.2, 0) is 0 Å². The number of fused-ring (bicyclic) bond motifs is 1. The average Bonchev–Trinajstić information content (AvgIpc) is 2.57. The smallest absolute Gasteiger partial charge is 0.202 e. The van der Waals surface area contributed by atoms with Crippen molar-refractivity contribution in [3.63, 3.8) is 0 Å². The van der Waals surface area contributed by atoms with Crippen LogP contribution in [0.3, 0.4) is 0 Å². The molecule has 0 amide bonds. The van der Waals surface area contributed by atoms with Crippen LogP contribution in [0.2, 0.25) is 0 Å². The molecule has 0 aliphatic carbocycles. The van der Waals surface area contributed by atoms with Crippen LogP contribution in [-0.4, -0.2) is 36.3 Å². The normalized spacial score (nSPS) is 19.7. The minimum absolute atomic E-state index is 0.0388. The van der Waals surface area contributed by atoms with Gasteiger partial charge < -0.3 is 24.4 Å². The molecule has 0 unspecified atom stereocenters. The molecule has 0 spiro atoms. The number of phenols is 1. The molecular weight excluding hydrogens is 300 g/mol. The first-order valence-corrected chi connectivity index (χ1v) is 6.99. The van der Waals surface area contributed by atoms with E-state index in [-0.39, 0.29) is 17.1 Å². The van der Waals surface area contributed by atoms with E-state index in [1.54, 1.807) is 31.4 Å². The summed E-state index contributed by atoms with van der Waals surface area (Å²) >= 11 is 0. The van der Waals surface area contributed by atoms with E-state index in [4.69, 9.17) is 14.2 Å². The Morgan fingerprint density at radius 2 is 1.70 bits per heavy atom. The van der Waals surface area contributed by atoms with Crippen LogP contribution >= 0.6 is 0 Å². The third kappa shape index (κ3) is 2.57. The Labute approximate surface area is 132 Å². The summed E-state index contributed by atoms with van der Waals surface area (Å²) < 4.78 is 15.9. The Morgan fingerprint density at radius 1 is 1.04 bits per heavy atom. The first-order chi connectivity index (χ1) is 11.0. The van der Waals surface area contributed by atoms with E-state index in [2.05, 4.69) is 0 Å². The lowest BCUT2D eigenvalue weighted by atomic mass is 9.93. The van der Waals surface area contributed by atoms with Gasteiger partial charge in [0, 0.05) is 12.1 Å². The van der Waals surface area contributed by atoms with Crippen molar-refractivity contribution < 1.29 is 29.2 Å². The largest absolute Gasteiger partial charge is 0.507 e. The summed E-state index contributed by atoms with van der Waals surface area (Å²) in [6.45, 7) is 0. The topological polar surface area (TPSA) is 85.2 Å². The molecule has 2 aromatic rings. The van der Waals surface area contributed by atoms with Crippen molar-refractivity contribution in [3.05, 3.63) is 47.5 Å². The number of ether oxygens (including phenoxy) is 3. The van der Waals surface area contributed by atoms with Gasteiger partial charge in [0.25, 0.3) is 0 Å². The molecule has 0 saturated heterocycles. The summed E-state index contributed by atoms with van der Waals surface area (Å²) in [5.74, 6) is 0.325. The van der Waals surface area contributed by atoms with Crippen molar-refractivity contribution >= 4 is 5.78 Å². The fraction of sp³-hybridized carbons (Fsp3) is 0.235. The molecule has 0 bridgehead atoms. The van der Waals surface area contributed by atoms with Crippen LogP contribution in [0.5, 0.6) is 23.0 Å². The van der Waals surface area contributed by atoms with E-state index in [0.29, 0.717) is 17.1 Å². The number of aliphatic hydroxyl groups is 1. The van der Waals surface area contributed by atoms with E-state index in [1.165, 1.54) is 19.2 Å². The summed E-state index contributed by atoms with van der Waals surface area (Å²) in [6.07, 6.45) is -2.28. The Bertz CT molecular complexity index is 737. The van der Waals surface area contributed by atoms with Gasteiger partial charge in [0.2, 0.25) is 5.78 Å². The van der Waals surface area contributed by atoms with E-state index in [0.717, 1.165) is 0 Å². The molecule has 1 aliphatic heterocycles. The second kappa shape index (κ2) is 5.81. The number of aromatic hydroxyl groups is 1. The predicted octanol–water partition coefficient (Wildman–Crippen LogP) is 2.09. The average molecular weight is 316 g/mol. The van der Waals surface area contributed by atoms with Gasteiger partial charge in [-0.2, -0.15) is 0 Å². The van der Waals surface area contributed by atoms with E-state index in [1.807, 2.05) is 0 Å². The summed E-state index contributed by atoms with van der Waals surface area (Å²) in [7, 11) is 3.00. The highest BCUT2D eigenvalue weighted by atomic mass is 16.5. The molecule has 3 rings (SSSR count). The fourth-order valence-electron chi connectivity index (χ4n) is 2.57. The van der Waals surface area contributed by atoms with Crippen LogP contribution in [0.25, 0.3) is 0 Å². The second-order valence-corrected chi connectivity index (χ2v) is 5.14. The number of Topliss-reactive ketones (excluding diaryl/α,β-unsaturated/α-hetero) is 1. The van der Waals surface area contributed by atoms with Crippen molar-refractivity contribution in [1.29, 1.82) is 0 Å². The van der Waals surface area contributed by atoms with Gasteiger partial charge >= 0.3 is 0 Å². The van der Waals surface area contributed by atoms with Gasteiger partial charge in [-0.1, -0.05) is 12.1 Å². The number of hydrogen-bond acceptors (Lipinski definition) is 6. The van der Waals surface area contributed by atoms with Crippen LogP contribution < -0.4 is 14.2 Å². The number of methoxy groups -OCH3 is 2. The van der Waals surface area contributed by atoms with Gasteiger partial charge in [0.1, 0.15) is 28.6 Å². The molecule has 2 aromatic carbocycles. The van der Waals surface area contributed by atoms with Crippen LogP contribution in [0.15, 0.2) is 36.4 Å². The van der Waals surface area contributed by atoms with Gasteiger partial charge in [-0.05, 0) is 17.7 Å². The lowest BCUT2D eigenvalue weighted by molar-refractivity contribution is 0.0210.